The third-order valence-electron chi connectivity index (χ3n) is 15.7. The molecule has 0 aromatic rings. The molecule has 0 aromatic carbocycles. The Hall–Kier alpha value is -6.39. The van der Waals surface area contributed by atoms with Crippen molar-refractivity contribution >= 4 is 17.9 Å². The van der Waals surface area contributed by atoms with Gasteiger partial charge in [-0.2, -0.15) is 0 Å². The lowest BCUT2D eigenvalue weighted by atomic mass is 10.1. The Kier molecular flexibility index (Phi) is 72.4. The lowest BCUT2D eigenvalue weighted by Crippen LogP contribution is -2.40. The molecule has 0 fully saturated rings. The molecule has 1 N–H and O–H groups in total. The van der Waals surface area contributed by atoms with Crippen LogP contribution in [-0.4, -0.2) is 87.4 Å². The summed E-state index contributed by atoms with van der Waals surface area (Å²) < 4.78 is 23.0. The Morgan fingerprint density at radius 1 is 0.303 bits per heavy atom. The molecule has 0 heterocycles. The fourth-order valence-electron chi connectivity index (χ4n) is 9.88. The van der Waals surface area contributed by atoms with Crippen molar-refractivity contribution in [2.24, 2.45) is 0 Å². The number of hydrogen-bond donors (Lipinski definition) is 1. The molecule has 9 heteroatoms. The average molecular weight is 1370 g/mol. The quantitative estimate of drug-likeness (QED) is 0.0211. The van der Waals surface area contributed by atoms with E-state index in [0.29, 0.717) is 17.4 Å². The Morgan fingerprint density at radius 3 is 0.808 bits per heavy atom. The van der Waals surface area contributed by atoms with Crippen LogP contribution in [0.15, 0.2) is 219 Å². The standard InChI is InChI=1S/C90H141NO8/c1-6-8-10-12-14-16-18-20-22-24-26-28-30-32-34-36-38-40-42-44-46-48-50-52-54-56-58-60-62-64-66-68-70-72-74-76-78-80-87(92)97-84-86(85-98-90(89(94)95)96-83-82-91(3,4)5)99-88(93)81-79-77-75-73-71-69-67-65-63-61-59-57-55-53-51-49-47-45-43-41-39-37-35-33-31-29-27-25-23-21-19-17-15-13-11-9-7-2/h8-11,14-17,20-23,26-29,32-35,38-41,44-47,50-53,56-59,86,90H,6-7,12-13,18-19,24-25,30-31,36-37,42-43,48-49,54-55,60-85H2,1-5H3/p+1/b10-8-,11-9-,16-14-,17-15-,22-20-,23-21-,28-26-,29-27-,34-32-,35-33-,40-38-,41-39-,46-44-,47-45-,52-50-,53-51-,58-56-,59-57-. The Labute approximate surface area is 607 Å². The van der Waals surface area contributed by atoms with Crippen LogP contribution in [0.1, 0.15) is 271 Å². The first kappa shape index (κ1) is 92.6. The third kappa shape index (κ3) is 78.8. The van der Waals surface area contributed by atoms with Gasteiger partial charge in [-0.1, -0.05) is 322 Å². The fraction of sp³-hybridized carbons (Fsp3) is 0.567. The zero-order chi connectivity index (χ0) is 71.8. The maximum atomic E-state index is 13.0. The highest BCUT2D eigenvalue weighted by Gasteiger charge is 2.25. The number of rotatable bonds is 69. The fourth-order valence-corrected chi connectivity index (χ4v) is 9.88. The highest BCUT2D eigenvalue weighted by molar-refractivity contribution is 5.71. The van der Waals surface area contributed by atoms with Gasteiger partial charge in [-0.15, -0.1) is 0 Å². The number of aliphatic carboxylic acids is 1. The smallest absolute Gasteiger partial charge is 0.361 e. The van der Waals surface area contributed by atoms with Gasteiger partial charge in [0, 0.05) is 12.8 Å². The summed E-state index contributed by atoms with van der Waals surface area (Å²) in [7, 11) is 5.96. The molecule has 0 aliphatic carbocycles. The molecule has 0 saturated heterocycles. The minimum absolute atomic E-state index is 0.174. The number of quaternary nitrogens is 1. The van der Waals surface area contributed by atoms with E-state index in [1.54, 1.807) is 0 Å². The number of ether oxygens (including phenoxy) is 4. The second-order valence-electron chi connectivity index (χ2n) is 26.2. The SMILES string of the molecule is CC/C=C\C/C=C\C/C=C\C/C=C\C/C=C\C/C=C\C/C=C\C/C=C\C/C=C\CCCCCCCCCCCC(=O)OCC(COC(OCC[N+](C)(C)C)C(=O)O)OC(=O)CCCCCCCCCCC/C=C\C/C=C\C/C=C\C/C=C\C/C=C\C/C=C\C/C=C\C/C=C\C/C=C\CC. The van der Waals surface area contributed by atoms with Crippen molar-refractivity contribution in [2.45, 2.75) is 283 Å². The van der Waals surface area contributed by atoms with Gasteiger partial charge >= 0.3 is 17.9 Å². The van der Waals surface area contributed by atoms with Gasteiger partial charge in [0.25, 0.3) is 6.29 Å². The summed E-state index contributed by atoms with van der Waals surface area (Å²) in [5.41, 5.74) is 0. The van der Waals surface area contributed by atoms with Crippen LogP contribution < -0.4 is 0 Å². The number of carbonyl (C=O) groups is 3. The molecule has 0 aliphatic heterocycles. The van der Waals surface area contributed by atoms with Crippen molar-refractivity contribution in [2.75, 3.05) is 47.5 Å². The topological polar surface area (TPSA) is 108 Å². The van der Waals surface area contributed by atoms with Crippen LogP contribution >= 0.6 is 0 Å². The molecule has 0 bridgehead atoms. The van der Waals surface area contributed by atoms with E-state index in [2.05, 4.69) is 233 Å². The molecule has 0 saturated carbocycles. The molecular formula is C90H142NO8+. The van der Waals surface area contributed by atoms with E-state index in [1.165, 1.54) is 64.2 Å². The predicted molar refractivity (Wildman–Crippen MR) is 428 cm³/mol. The van der Waals surface area contributed by atoms with Crippen molar-refractivity contribution in [1.82, 2.24) is 0 Å². The molecule has 0 aromatic heterocycles. The zero-order valence-corrected chi connectivity index (χ0v) is 63.3. The van der Waals surface area contributed by atoms with Crippen LogP contribution in [-0.2, 0) is 33.3 Å². The summed E-state index contributed by atoms with van der Waals surface area (Å²) in [6.45, 7) is 4.61. The van der Waals surface area contributed by atoms with E-state index in [0.717, 1.165) is 173 Å². The number of carbonyl (C=O) groups excluding carboxylic acids is 2. The largest absolute Gasteiger partial charge is 0.477 e. The van der Waals surface area contributed by atoms with E-state index >= 15 is 0 Å². The predicted octanol–water partition coefficient (Wildman–Crippen LogP) is 25.2. The molecule has 0 radical (unpaired) electrons. The maximum Gasteiger partial charge on any atom is 0.361 e. The molecule has 0 amide bonds. The monoisotopic (exact) mass is 1370 g/mol. The highest BCUT2D eigenvalue weighted by atomic mass is 16.7. The van der Waals surface area contributed by atoms with Crippen LogP contribution in [0.4, 0.5) is 0 Å². The van der Waals surface area contributed by atoms with Gasteiger partial charge in [0.15, 0.2) is 6.10 Å². The molecular weight excluding hydrogens is 1220 g/mol. The number of carboxylic acids is 1. The van der Waals surface area contributed by atoms with Crippen LogP contribution in [0.3, 0.4) is 0 Å². The first-order valence-electron chi connectivity index (χ1n) is 38.9. The molecule has 0 spiro atoms. The molecule has 2 unspecified atom stereocenters. The van der Waals surface area contributed by atoms with E-state index in [4.69, 9.17) is 18.9 Å². The van der Waals surface area contributed by atoms with Gasteiger partial charge in [0.1, 0.15) is 13.2 Å². The Morgan fingerprint density at radius 2 is 0.545 bits per heavy atom. The van der Waals surface area contributed by atoms with E-state index < -0.39 is 24.3 Å². The van der Waals surface area contributed by atoms with E-state index in [9.17, 15) is 19.5 Å². The third-order valence-corrected chi connectivity index (χ3v) is 15.7. The van der Waals surface area contributed by atoms with Crippen molar-refractivity contribution in [3.05, 3.63) is 219 Å². The first-order valence-corrected chi connectivity index (χ1v) is 38.9. The lowest BCUT2D eigenvalue weighted by molar-refractivity contribution is -0.870. The maximum absolute atomic E-state index is 13.0. The number of likely N-dealkylation sites (N-methyl/N-ethyl adjacent to an activating group) is 1. The average Bonchev–Trinajstić information content (AvgIpc) is 1.41. The second-order valence-corrected chi connectivity index (χ2v) is 26.2. The number of hydrogen-bond acceptors (Lipinski definition) is 7. The highest BCUT2D eigenvalue weighted by Crippen LogP contribution is 2.16. The number of allylic oxidation sites excluding steroid dienone is 36. The molecule has 99 heavy (non-hydrogen) atoms. The number of carboxylic acid groups (broad SMARTS) is 1. The van der Waals surface area contributed by atoms with Gasteiger partial charge in [-0.05, 0) is 154 Å². The molecule has 554 valence electrons. The second kappa shape index (κ2) is 77.3. The molecule has 2 atom stereocenters. The van der Waals surface area contributed by atoms with Crippen LogP contribution in [0.25, 0.3) is 0 Å². The molecule has 0 aliphatic rings. The van der Waals surface area contributed by atoms with E-state index in [-0.39, 0.29) is 38.6 Å². The summed E-state index contributed by atoms with van der Waals surface area (Å²) in [5, 5.41) is 9.77. The van der Waals surface area contributed by atoms with Crippen molar-refractivity contribution in [3.63, 3.8) is 0 Å². The minimum atomic E-state index is -1.53. The normalized spacial score (nSPS) is 13.9. The Bertz CT molecular complexity index is 2440. The number of nitrogens with zero attached hydrogens (tertiary/aromatic N) is 1. The van der Waals surface area contributed by atoms with Crippen molar-refractivity contribution in [3.8, 4) is 0 Å². The zero-order valence-electron chi connectivity index (χ0n) is 63.3. The van der Waals surface area contributed by atoms with Gasteiger partial charge in [-0.25, -0.2) is 4.79 Å². The summed E-state index contributed by atoms with van der Waals surface area (Å²) in [5.74, 6) is -2.04. The van der Waals surface area contributed by atoms with Gasteiger partial charge in [0.05, 0.1) is 34.4 Å². The minimum Gasteiger partial charge on any atom is -0.477 e. The summed E-state index contributed by atoms with van der Waals surface area (Å²) in [6.07, 6.45) is 119. The molecule has 9 nitrogen and oxygen atoms in total. The van der Waals surface area contributed by atoms with Gasteiger partial charge < -0.3 is 28.5 Å². The van der Waals surface area contributed by atoms with Crippen LogP contribution in [0, 0.1) is 0 Å². The van der Waals surface area contributed by atoms with Crippen LogP contribution in [0.5, 0.6) is 0 Å². The van der Waals surface area contributed by atoms with Crippen LogP contribution in [0.2, 0.25) is 0 Å². The van der Waals surface area contributed by atoms with Gasteiger partial charge in [-0.3, -0.25) is 9.59 Å². The van der Waals surface area contributed by atoms with Gasteiger partial charge in [0.2, 0.25) is 0 Å². The number of esters is 2. The summed E-state index contributed by atoms with van der Waals surface area (Å²) in [6, 6.07) is 0. The summed E-state index contributed by atoms with van der Waals surface area (Å²) in [4.78, 5) is 37.7. The lowest BCUT2D eigenvalue weighted by Gasteiger charge is -2.25. The first-order chi connectivity index (χ1) is 48.6. The Balaban J connectivity index is 4.19. The van der Waals surface area contributed by atoms with Crippen molar-refractivity contribution in [1.29, 1.82) is 0 Å². The van der Waals surface area contributed by atoms with E-state index in [1.807, 2.05) is 21.1 Å². The number of unbranched alkanes of at least 4 members (excludes halogenated alkanes) is 18. The summed E-state index contributed by atoms with van der Waals surface area (Å²) >= 11 is 0. The van der Waals surface area contributed by atoms with Crippen molar-refractivity contribution < 1.29 is 42.9 Å². The molecule has 0 rings (SSSR count).